The number of likely N-dealkylation sites (N-methyl/N-ethyl adjacent to an activating group) is 8. The number of hydrogen-bond donors (Lipinski definition) is 0. The summed E-state index contributed by atoms with van der Waals surface area (Å²) in [6.45, 7) is 112. The van der Waals surface area contributed by atoms with Gasteiger partial charge in [-0.2, -0.15) is 0 Å². The fourth-order valence-electron chi connectivity index (χ4n) is 14.2. The lowest BCUT2D eigenvalue weighted by Crippen LogP contribution is -2.56. The third-order valence-electron chi connectivity index (χ3n) is 25.5. The lowest BCUT2D eigenvalue weighted by Gasteiger charge is -2.42. The van der Waals surface area contributed by atoms with Crippen LogP contribution in [0.3, 0.4) is 0 Å². The first-order chi connectivity index (χ1) is 59.8. The zero-order valence-electron chi connectivity index (χ0n) is 95.3. The maximum atomic E-state index is 11.8. The van der Waals surface area contributed by atoms with Crippen molar-refractivity contribution in [3.8, 4) is 0 Å². The van der Waals surface area contributed by atoms with Gasteiger partial charge in [0.2, 0.25) is 0 Å². The van der Waals surface area contributed by atoms with Crippen LogP contribution in [0.25, 0.3) is 0 Å². The standard InChI is InChI=1S/2C16H34NO2.2C15H32NO2.C13H28NO2.C12H26NO2.C10H22NO2.C9H20NO2/c1-8-11-17(10-3,14(4)9-2)12-13-19-15(18)16(5,6)7;1-7-10-12-17(9-3,11-8-2)13-14-19-15(18)16(4,5)6;1-7-10-16(9-3,14(6)8-2)11-12-18-15(17)13(4)5;1-6-9-11-16(8-3,10-7-2)12-13-18-15(17)14(4)5;1-7-14(8-2,9-3)10-11-16-12(15)13(4,5)6;1-6-13(7-2,8-3)9-10-15-12(14)11(4)5;1-10(2,3)9(12)13-8-7-11(4,5)6;1-8(2)9(11)12-7-6-10(3,4)5/h14H,8-13H2,1-7H3;7-14H2,1-6H3;13-14H,7-12H2,1-6H3;14H,6-13H2,1-5H3;7-11H2,1-6H3;11H,6-10H2,1-5H3;7-8H2,1-6H3;8H,6-7H2,1-5H3/q8*+1. The molecule has 6 unspecified atom stereocenters. The van der Waals surface area contributed by atoms with E-state index in [2.05, 4.69) is 181 Å². The van der Waals surface area contributed by atoms with Crippen LogP contribution in [0, 0.1) is 45.3 Å². The third kappa shape index (κ3) is 69.3. The molecule has 0 aliphatic rings. The van der Waals surface area contributed by atoms with Crippen molar-refractivity contribution in [2.75, 3.05) is 252 Å². The van der Waals surface area contributed by atoms with Crippen LogP contribution in [-0.4, -0.2) is 348 Å². The van der Waals surface area contributed by atoms with E-state index in [-0.39, 0.29) is 82.3 Å². The first kappa shape index (κ1) is 141. The Labute approximate surface area is 806 Å². The van der Waals surface area contributed by atoms with Crippen molar-refractivity contribution >= 4 is 47.8 Å². The number of ether oxygens (including phenoxy) is 8. The zero-order valence-corrected chi connectivity index (χ0v) is 95.3. The van der Waals surface area contributed by atoms with Crippen molar-refractivity contribution in [3.05, 3.63) is 0 Å². The number of carbonyl (C=O) groups is 8. The Morgan fingerprint density at radius 3 is 0.569 bits per heavy atom. The smallest absolute Gasteiger partial charge is 0.311 e. The average Bonchev–Trinajstić information content (AvgIpc) is 0.841. The minimum absolute atomic E-state index is 0.0162. The summed E-state index contributed by atoms with van der Waals surface area (Å²) < 4.78 is 50.2. The molecule has 0 aromatic rings. The van der Waals surface area contributed by atoms with Crippen LogP contribution in [0.4, 0.5) is 0 Å². The molecular weight excluding hydrogens is 1640 g/mol. The summed E-state index contributed by atoms with van der Waals surface area (Å²) in [5.74, 6) is -0.834. The van der Waals surface area contributed by atoms with Crippen LogP contribution in [-0.2, 0) is 76.3 Å². The molecule has 0 rings (SSSR count). The molecule has 0 aliphatic heterocycles. The van der Waals surface area contributed by atoms with Crippen molar-refractivity contribution < 1.29 is 112 Å². The fraction of sp³-hybridized carbons (Fsp3) is 0.925. The fourth-order valence-corrected chi connectivity index (χ4v) is 14.2. The number of quaternary nitrogens is 8. The Hall–Kier alpha value is -4.56. The molecule has 6 atom stereocenters. The predicted octanol–water partition coefficient (Wildman–Crippen LogP) is 20.4. The maximum Gasteiger partial charge on any atom is 0.311 e. The Morgan fingerprint density at radius 1 is 0.215 bits per heavy atom. The molecule has 130 heavy (non-hydrogen) atoms. The van der Waals surface area contributed by atoms with Gasteiger partial charge in [-0.3, -0.25) is 38.4 Å². The van der Waals surface area contributed by atoms with Gasteiger partial charge < -0.3 is 73.8 Å². The highest BCUT2D eigenvalue weighted by Crippen LogP contribution is 2.24. The van der Waals surface area contributed by atoms with Crippen LogP contribution in [0.5, 0.6) is 0 Å². The van der Waals surface area contributed by atoms with Gasteiger partial charge >= 0.3 is 47.8 Å². The molecule has 0 radical (unpaired) electrons. The van der Waals surface area contributed by atoms with Crippen molar-refractivity contribution in [2.45, 2.75) is 353 Å². The van der Waals surface area contributed by atoms with E-state index in [0.29, 0.717) is 64.9 Å². The lowest BCUT2D eigenvalue weighted by atomic mass is 9.97. The van der Waals surface area contributed by atoms with Gasteiger partial charge in [-0.1, -0.05) is 124 Å². The molecule has 0 fully saturated rings. The van der Waals surface area contributed by atoms with E-state index >= 15 is 0 Å². The Bertz CT molecular complexity index is 2830. The van der Waals surface area contributed by atoms with Gasteiger partial charge in [0.05, 0.1) is 204 Å². The van der Waals surface area contributed by atoms with Gasteiger partial charge in [0, 0.05) is 0 Å². The molecule has 0 aliphatic carbocycles. The molecular formula is C106H228N8O16+8. The van der Waals surface area contributed by atoms with Crippen LogP contribution < -0.4 is 0 Å². The molecule has 0 aromatic heterocycles. The molecule has 0 saturated heterocycles. The highest BCUT2D eigenvalue weighted by molar-refractivity contribution is 5.77. The van der Waals surface area contributed by atoms with E-state index in [0.717, 1.165) is 154 Å². The second-order valence-corrected chi connectivity index (χ2v) is 43.7. The maximum absolute atomic E-state index is 11.8. The summed E-state index contributed by atoms with van der Waals surface area (Å²) in [7, 11) is 12.4. The number of esters is 8. The molecule has 0 bridgehead atoms. The molecule has 0 spiro atoms. The van der Waals surface area contributed by atoms with Gasteiger partial charge in [0.15, 0.2) is 0 Å². The normalized spacial score (nSPS) is 14.2. The molecule has 0 amide bonds. The number of nitrogens with zero attached hydrogens (tertiary/aromatic N) is 8. The van der Waals surface area contributed by atoms with Crippen molar-refractivity contribution in [1.82, 2.24) is 0 Å². The average molecular weight is 1870 g/mol. The van der Waals surface area contributed by atoms with Crippen molar-refractivity contribution in [1.29, 1.82) is 0 Å². The van der Waals surface area contributed by atoms with E-state index in [1.807, 2.05) is 138 Å². The van der Waals surface area contributed by atoms with Crippen LogP contribution in [0.2, 0.25) is 0 Å². The summed E-state index contributed by atoms with van der Waals surface area (Å²) in [6, 6.07) is 1.26. The minimum atomic E-state index is -0.400. The number of rotatable bonds is 56. The Balaban J connectivity index is -0.000000219. The largest absolute Gasteiger partial charge is 0.459 e. The highest BCUT2D eigenvalue weighted by Gasteiger charge is 2.35. The Kier molecular flexibility index (Phi) is 80.8. The quantitative estimate of drug-likeness (QED) is 0.0315. The van der Waals surface area contributed by atoms with Gasteiger partial charge in [-0.05, 0) is 218 Å². The zero-order chi connectivity index (χ0) is 103. The predicted molar refractivity (Wildman–Crippen MR) is 547 cm³/mol. The first-order valence-electron chi connectivity index (χ1n) is 51.8. The summed E-state index contributed by atoms with van der Waals surface area (Å²) in [5, 5.41) is 0. The van der Waals surface area contributed by atoms with Crippen LogP contribution in [0.1, 0.15) is 341 Å². The van der Waals surface area contributed by atoms with Gasteiger partial charge in [0.25, 0.3) is 0 Å². The van der Waals surface area contributed by atoms with Gasteiger partial charge in [-0.25, -0.2) is 0 Å². The van der Waals surface area contributed by atoms with E-state index in [1.165, 1.54) is 103 Å². The molecule has 24 nitrogen and oxygen atoms in total. The van der Waals surface area contributed by atoms with Crippen molar-refractivity contribution in [3.63, 3.8) is 0 Å². The second-order valence-electron chi connectivity index (χ2n) is 43.7. The second kappa shape index (κ2) is 74.6. The SMILES string of the molecule is CC(C)(C)C(=O)OCC[N+](C)(C)C.CC(C)C(=O)OCC[N+](C)(C)C.CCCC[N+](CC)(CCC)CCOC(=O)C(C)(C)C.CCCC[N+](CC)(CCC)CCOC(=O)C(C)C.CCC[N+](CC)(CCOC(=O)C(C)(C)C)C(C)CC.CCC[N+](CC)(CCOC(=O)C(C)C)C(C)CC.CC[N+](CC)(CC)CCOC(=O)C(C)(C)C.CC[N+](CC)(CC)CCOC(=O)C(C)C. The first-order valence-corrected chi connectivity index (χ1v) is 51.8. The molecule has 0 heterocycles. The monoisotopic (exact) mass is 1870 g/mol. The topological polar surface area (TPSA) is 210 Å². The minimum Gasteiger partial charge on any atom is -0.459 e. The van der Waals surface area contributed by atoms with Crippen LogP contribution >= 0.6 is 0 Å². The Morgan fingerprint density at radius 2 is 0.400 bits per heavy atom. The number of unbranched alkanes of at least 4 members (excludes halogenated alkanes) is 2. The summed E-state index contributed by atoms with van der Waals surface area (Å²) >= 11 is 0. The molecule has 0 aromatic carbocycles. The molecule has 24 heteroatoms. The van der Waals surface area contributed by atoms with Gasteiger partial charge in [-0.15, -0.1) is 0 Å². The van der Waals surface area contributed by atoms with Gasteiger partial charge in [0.1, 0.15) is 105 Å². The van der Waals surface area contributed by atoms with Crippen molar-refractivity contribution in [2.24, 2.45) is 45.3 Å². The summed E-state index contributed by atoms with van der Waals surface area (Å²) in [5.41, 5.74) is -1.57. The van der Waals surface area contributed by atoms with E-state index in [4.69, 9.17) is 37.9 Å². The summed E-state index contributed by atoms with van der Waals surface area (Å²) in [4.78, 5) is 91.7. The number of hydrogen-bond acceptors (Lipinski definition) is 16. The highest BCUT2D eigenvalue weighted by atomic mass is 16.6. The summed E-state index contributed by atoms with van der Waals surface area (Å²) in [6.07, 6.45) is 12.0. The molecule has 0 saturated carbocycles. The molecule has 0 N–H and O–H groups in total. The third-order valence-corrected chi connectivity index (χ3v) is 25.5. The lowest BCUT2D eigenvalue weighted by molar-refractivity contribution is -0.948. The van der Waals surface area contributed by atoms with E-state index in [1.54, 1.807) is 0 Å². The number of carbonyl (C=O) groups excluding carboxylic acids is 8. The van der Waals surface area contributed by atoms with E-state index in [9.17, 15) is 38.4 Å². The van der Waals surface area contributed by atoms with E-state index < -0.39 is 10.8 Å². The van der Waals surface area contributed by atoms with Crippen LogP contribution in [0.15, 0.2) is 0 Å². The molecule has 780 valence electrons.